The Morgan fingerprint density at radius 3 is 1.95 bits per heavy atom. The zero-order valence-corrected chi connectivity index (χ0v) is 13.9. The summed E-state index contributed by atoms with van der Waals surface area (Å²) >= 11 is 0. The van der Waals surface area contributed by atoms with E-state index in [1.807, 2.05) is 0 Å². The highest BCUT2D eigenvalue weighted by molar-refractivity contribution is 5.14. The van der Waals surface area contributed by atoms with Gasteiger partial charge in [-0.1, -0.05) is 34.6 Å². The van der Waals surface area contributed by atoms with E-state index in [2.05, 4.69) is 34.6 Å². The van der Waals surface area contributed by atoms with Gasteiger partial charge in [-0.3, -0.25) is 0 Å². The minimum absolute atomic E-state index is 0.148. The van der Waals surface area contributed by atoms with Crippen molar-refractivity contribution in [3.8, 4) is 0 Å². The molecule has 0 saturated heterocycles. The number of fused-ring (bicyclic) bond motifs is 2. The van der Waals surface area contributed by atoms with Crippen molar-refractivity contribution in [1.29, 1.82) is 0 Å². The number of hydrogen-bond acceptors (Lipinski definition) is 2. The van der Waals surface area contributed by atoms with E-state index in [0.717, 1.165) is 25.7 Å². The van der Waals surface area contributed by atoms with E-state index < -0.39 is 0 Å². The fourth-order valence-electron chi connectivity index (χ4n) is 7.41. The van der Waals surface area contributed by atoms with Crippen molar-refractivity contribution >= 4 is 0 Å². The highest BCUT2D eigenvalue weighted by Crippen LogP contribution is 2.70. The van der Waals surface area contributed by atoms with Crippen LogP contribution in [0.4, 0.5) is 0 Å². The zero-order chi connectivity index (χ0) is 15.0. The maximum atomic E-state index is 10.8. The molecule has 4 aliphatic carbocycles. The summed E-state index contributed by atoms with van der Waals surface area (Å²) in [7, 11) is 0. The Morgan fingerprint density at radius 1 is 0.800 bits per heavy atom. The second-order valence-corrected chi connectivity index (χ2v) is 10.2. The third kappa shape index (κ3) is 2.14. The number of rotatable bonds is 0. The van der Waals surface area contributed by atoms with Crippen molar-refractivity contribution < 1.29 is 10.2 Å². The molecule has 4 aliphatic rings. The summed E-state index contributed by atoms with van der Waals surface area (Å²) in [6.45, 7) is 11.6. The number of hydrogen-bond donors (Lipinski definition) is 2. The molecule has 1 spiro atoms. The first-order valence-electron chi connectivity index (χ1n) is 8.33. The summed E-state index contributed by atoms with van der Waals surface area (Å²) in [5.74, 6) is 0.353. The topological polar surface area (TPSA) is 40.5 Å². The van der Waals surface area contributed by atoms with Crippen LogP contribution in [-0.2, 0) is 0 Å². The molecule has 4 saturated carbocycles. The molecule has 2 heteroatoms. The highest BCUT2D eigenvalue weighted by atomic mass is 16.3. The lowest BCUT2D eigenvalue weighted by Crippen LogP contribution is -2.63. The highest BCUT2D eigenvalue weighted by Gasteiger charge is 2.64. The first-order chi connectivity index (χ1) is 8.97. The molecule has 2 nitrogen and oxygen atoms in total. The Hall–Kier alpha value is -0.0800. The molecular weight excluding hydrogens is 248 g/mol. The molecule has 0 aromatic carbocycles. The second kappa shape index (κ2) is 4.01. The van der Waals surface area contributed by atoms with Crippen molar-refractivity contribution in [2.45, 2.75) is 85.4 Å². The summed E-state index contributed by atoms with van der Waals surface area (Å²) in [5.41, 5.74) is 0.791. The average Bonchev–Trinajstić information content (AvgIpc) is 2.04. The van der Waals surface area contributed by atoms with Crippen LogP contribution in [0.2, 0.25) is 0 Å². The Kier molecular flexibility index (Phi) is 2.98. The molecule has 0 heterocycles. The van der Waals surface area contributed by atoms with E-state index in [-0.39, 0.29) is 33.9 Å². The molecule has 0 aromatic heterocycles. The molecule has 2 bridgehead atoms. The van der Waals surface area contributed by atoms with Gasteiger partial charge in [0, 0.05) is 0 Å². The maximum absolute atomic E-state index is 10.8. The van der Waals surface area contributed by atoms with Gasteiger partial charge in [-0.05, 0) is 66.1 Å². The molecule has 116 valence electrons. The van der Waals surface area contributed by atoms with Crippen LogP contribution in [0.1, 0.15) is 73.1 Å². The fraction of sp³-hybridized carbons (Fsp3) is 1.00. The van der Waals surface area contributed by atoms with Gasteiger partial charge in [0.15, 0.2) is 0 Å². The zero-order valence-electron chi connectivity index (χ0n) is 13.9. The van der Waals surface area contributed by atoms with E-state index in [1.165, 1.54) is 12.8 Å². The standard InChI is InChI=1S/C18H32O2/c1-15(2)6-12(19)7-18(9-15)11-17(5)8-13(20)14(18)16(3,4)10-17/h12-14,19-20H,6-11H2,1-5H3/t12-,13+,14+,17-,18-/m1/s1. The SMILES string of the molecule is CC1(C)C[C@@H](O)C[C@@]2(C1)C[C@]1(C)C[C@H](O)[C@H]2C(C)(C)C1. The van der Waals surface area contributed by atoms with Crippen LogP contribution in [-0.4, -0.2) is 22.4 Å². The summed E-state index contributed by atoms with van der Waals surface area (Å²) in [6, 6.07) is 0. The van der Waals surface area contributed by atoms with Gasteiger partial charge in [0.2, 0.25) is 0 Å². The van der Waals surface area contributed by atoms with Crippen LogP contribution in [0.15, 0.2) is 0 Å². The molecule has 0 radical (unpaired) electrons. The third-order valence-electron chi connectivity index (χ3n) is 6.51. The lowest BCUT2D eigenvalue weighted by Gasteiger charge is -2.68. The summed E-state index contributed by atoms with van der Waals surface area (Å²) < 4.78 is 0. The summed E-state index contributed by atoms with van der Waals surface area (Å²) in [6.07, 6.45) is 5.98. The van der Waals surface area contributed by atoms with Crippen LogP contribution in [0.25, 0.3) is 0 Å². The minimum Gasteiger partial charge on any atom is -0.393 e. The predicted molar refractivity (Wildman–Crippen MR) is 81.3 cm³/mol. The lowest BCUT2D eigenvalue weighted by atomic mass is 9.38. The van der Waals surface area contributed by atoms with Crippen LogP contribution in [0.3, 0.4) is 0 Å². The van der Waals surface area contributed by atoms with Crippen molar-refractivity contribution in [2.75, 3.05) is 0 Å². The molecule has 4 rings (SSSR count). The van der Waals surface area contributed by atoms with Crippen molar-refractivity contribution in [2.24, 2.45) is 27.6 Å². The van der Waals surface area contributed by atoms with Gasteiger partial charge in [-0.2, -0.15) is 0 Å². The first-order valence-corrected chi connectivity index (χ1v) is 8.33. The minimum atomic E-state index is -0.190. The summed E-state index contributed by atoms with van der Waals surface area (Å²) in [5, 5.41) is 21.2. The Morgan fingerprint density at radius 2 is 1.45 bits per heavy atom. The third-order valence-corrected chi connectivity index (χ3v) is 6.51. The van der Waals surface area contributed by atoms with Gasteiger partial charge < -0.3 is 10.2 Å². The Balaban J connectivity index is 2.04. The van der Waals surface area contributed by atoms with E-state index >= 15 is 0 Å². The average molecular weight is 280 g/mol. The fourth-order valence-corrected chi connectivity index (χ4v) is 7.41. The van der Waals surface area contributed by atoms with E-state index in [4.69, 9.17) is 0 Å². The molecule has 4 fully saturated rings. The lowest BCUT2D eigenvalue weighted by molar-refractivity contribution is -0.225. The van der Waals surface area contributed by atoms with E-state index in [1.54, 1.807) is 0 Å². The second-order valence-electron chi connectivity index (χ2n) is 10.2. The van der Waals surface area contributed by atoms with Gasteiger partial charge in [0.25, 0.3) is 0 Å². The van der Waals surface area contributed by atoms with Gasteiger partial charge in [-0.25, -0.2) is 0 Å². The molecule has 0 amide bonds. The van der Waals surface area contributed by atoms with Crippen molar-refractivity contribution in [1.82, 2.24) is 0 Å². The van der Waals surface area contributed by atoms with Crippen LogP contribution in [0, 0.1) is 27.6 Å². The molecule has 5 atom stereocenters. The molecule has 20 heavy (non-hydrogen) atoms. The van der Waals surface area contributed by atoms with Crippen LogP contribution < -0.4 is 0 Å². The number of aliphatic hydroxyl groups is 2. The molecular formula is C18H32O2. The Labute approximate surface area is 124 Å². The molecule has 0 aliphatic heterocycles. The van der Waals surface area contributed by atoms with Crippen LogP contribution in [0.5, 0.6) is 0 Å². The normalized spacial score (nSPS) is 53.2. The largest absolute Gasteiger partial charge is 0.393 e. The Bertz CT molecular complexity index is 407. The van der Waals surface area contributed by atoms with Crippen molar-refractivity contribution in [3.05, 3.63) is 0 Å². The monoisotopic (exact) mass is 280 g/mol. The predicted octanol–water partition coefficient (Wildman–Crippen LogP) is 3.75. The van der Waals surface area contributed by atoms with Crippen LogP contribution >= 0.6 is 0 Å². The van der Waals surface area contributed by atoms with E-state index in [9.17, 15) is 10.2 Å². The molecule has 0 aromatic rings. The molecule has 2 N–H and O–H groups in total. The smallest absolute Gasteiger partial charge is 0.0584 e. The molecule has 0 unspecified atom stereocenters. The van der Waals surface area contributed by atoms with Gasteiger partial charge in [-0.15, -0.1) is 0 Å². The van der Waals surface area contributed by atoms with Crippen molar-refractivity contribution in [3.63, 3.8) is 0 Å². The quantitative estimate of drug-likeness (QED) is 0.709. The summed E-state index contributed by atoms with van der Waals surface area (Å²) in [4.78, 5) is 0. The van der Waals surface area contributed by atoms with Gasteiger partial charge >= 0.3 is 0 Å². The number of aliphatic hydroxyl groups excluding tert-OH is 2. The maximum Gasteiger partial charge on any atom is 0.0584 e. The van der Waals surface area contributed by atoms with E-state index in [0.29, 0.717) is 5.92 Å². The van der Waals surface area contributed by atoms with Gasteiger partial charge in [0.1, 0.15) is 0 Å². The first kappa shape index (κ1) is 14.8. The van der Waals surface area contributed by atoms with Gasteiger partial charge in [0.05, 0.1) is 12.2 Å².